The number of nitrogens with zero attached hydrogens (tertiary/aromatic N) is 3. The lowest BCUT2D eigenvalue weighted by atomic mass is 9.97. The molecule has 2 aromatic carbocycles. The molecule has 0 N–H and O–H groups in total. The second-order valence-corrected chi connectivity index (χ2v) is 10.5. The lowest BCUT2D eigenvalue weighted by Crippen LogP contribution is -2.29. The van der Waals surface area contributed by atoms with E-state index in [1.165, 1.54) is 16.9 Å². The smallest absolute Gasteiger partial charge is 0.297 e. The molecule has 8 heteroatoms. The summed E-state index contributed by atoms with van der Waals surface area (Å²) in [5.74, 6) is 0.116. The Hall–Kier alpha value is -2.84. The Balaban J connectivity index is 1.73. The van der Waals surface area contributed by atoms with Crippen LogP contribution in [0.25, 0.3) is 11.0 Å². The Kier molecular flexibility index (Phi) is 5.66. The van der Waals surface area contributed by atoms with Gasteiger partial charge in [0.25, 0.3) is 5.91 Å². The monoisotopic (exact) mass is 523 g/mol. The summed E-state index contributed by atoms with van der Waals surface area (Å²) in [6.07, 6.45) is 1.68. The summed E-state index contributed by atoms with van der Waals surface area (Å²) in [5, 5.41) is 10.4. The third-order valence-electron chi connectivity index (χ3n) is 5.78. The minimum absolute atomic E-state index is 0.0694. The van der Waals surface area contributed by atoms with Gasteiger partial charge in [0.15, 0.2) is 5.43 Å². The third-order valence-corrected chi connectivity index (χ3v) is 7.22. The molecule has 1 atom stereocenters. The topological polar surface area (TPSA) is 76.3 Å². The van der Waals surface area contributed by atoms with Crippen molar-refractivity contribution in [2.45, 2.75) is 39.7 Å². The van der Waals surface area contributed by atoms with Gasteiger partial charge in [-0.1, -0.05) is 72.3 Å². The number of carbonyl (C=O) groups is 1. The standard InChI is InChI=1S/C25H22BrN3O3S/c1-4-14-5-7-15(8-6-14)21-20-22(30)17-12-16(26)9-10-18(17)32-23(20)24(31)29(21)25-28-27-19(33-25)11-13(2)3/h5-10,12-13,21H,4,11H2,1-3H3. The number of benzene rings is 2. The molecular formula is C25H22BrN3O3S. The van der Waals surface area contributed by atoms with Gasteiger partial charge in [-0.15, -0.1) is 10.2 Å². The van der Waals surface area contributed by atoms with Crippen molar-refractivity contribution >= 4 is 49.3 Å². The van der Waals surface area contributed by atoms with Crippen molar-refractivity contribution < 1.29 is 9.21 Å². The molecule has 1 amide bonds. The van der Waals surface area contributed by atoms with E-state index in [-0.39, 0.29) is 17.1 Å². The average molecular weight is 524 g/mol. The molecule has 2 aromatic heterocycles. The zero-order valence-corrected chi connectivity index (χ0v) is 20.9. The van der Waals surface area contributed by atoms with Gasteiger partial charge in [0.1, 0.15) is 10.6 Å². The molecule has 6 nitrogen and oxygen atoms in total. The first-order valence-corrected chi connectivity index (χ1v) is 12.5. The zero-order chi connectivity index (χ0) is 23.3. The number of fused-ring (bicyclic) bond motifs is 2. The van der Waals surface area contributed by atoms with Crippen LogP contribution in [0, 0.1) is 5.92 Å². The lowest BCUT2D eigenvalue weighted by molar-refractivity contribution is 0.0970. The number of anilines is 1. The van der Waals surface area contributed by atoms with Gasteiger partial charge >= 0.3 is 0 Å². The van der Waals surface area contributed by atoms with Crippen LogP contribution in [0.15, 0.2) is 56.1 Å². The Labute approximate surface area is 203 Å². The fraction of sp³-hybridized carbons (Fsp3) is 0.280. The number of hydrogen-bond acceptors (Lipinski definition) is 6. The largest absolute Gasteiger partial charge is 0.450 e. The first-order valence-electron chi connectivity index (χ1n) is 10.9. The maximum absolute atomic E-state index is 13.7. The van der Waals surface area contributed by atoms with Crippen LogP contribution >= 0.6 is 27.3 Å². The van der Waals surface area contributed by atoms with Gasteiger partial charge in [-0.05, 0) is 41.7 Å². The summed E-state index contributed by atoms with van der Waals surface area (Å²) in [5.41, 5.74) is 2.53. The molecule has 0 aliphatic carbocycles. The molecule has 1 aliphatic rings. The average Bonchev–Trinajstić information content (AvgIpc) is 3.36. The fourth-order valence-electron chi connectivity index (χ4n) is 4.17. The molecule has 33 heavy (non-hydrogen) atoms. The highest BCUT2D eigenvalue weighted by Crippen LogP contribution is 2.42. The Morgan fingerprint density at radius 2 is 1.88 bits per heavy atom. The van der Waals surface area contributed by atoms with Crippen molar-refractivity contribution in [2.75, 3.05) is 4.90 Å². The van der Waals surface area contributed by atoms with Gasteiger partial charge in [-0.2, -0.15) is 0 Å². The lowest BCUT2D eigenvalue weighted by Gasteiger charge is -2.22. The maximum Gasteiger partial charge on any atom is 0.297 e. The van der Waals surface area contributed by atoms with Crippen LogP contribution < -0.4 is 10.3 Å². The van der Waals surface area contributed by atoms with Crippen LogP contribution in [0.1, 0.15) is 59.1 Å². The molecule has 1 aliphatic heterocycles. The van der Waals surface area contributed by atoms with Crippen molar-refractivity contribution in [2.24, 2.45) is 5.92 Å². The van der Waals surface area contributed by atoms with Crippen LogP contribution in [0.3, 0.4) is 0 Å². The van der Waals surface area contributed by atoms with Gasteiger partial charge in [-0.3, -0.25) is 14.5 Å². The van der Waals surface area contributed by atoms with E-state index in [4.69, 9.17) is 4.42 Å². The number of amides is 1. The molecule has 3 heterocycles. The van der Waals surface area contributed by atoms with Gasteiger partial charge in [0.05, 0.1) is 17.0 Å². The van der Waals surface area contributed by atoms with Gasteiger partial charge in [0.2, 0.25) is 10.9 Å². The van der Waals surface area contributed by atoms with E-state index >= 15 is 0 Å². The quantitative estimate of drug-likeness (QED) is 0.324. The molecule has 0 bridgehead atoms. The van der Waals surface area contributed by atoms with Crippen LogP contribution in [0.2, 0.25) is 0 Å². The van der Waals surface area contributed by atoms with E-state index in [0.29, 0.717) is 27.6 Å². The molecule has 168 valence electrons. The highest BCUT2D eigenvalue weighted by molar-refractivity contribution is 9.10. The van der Waals surface area contributed by atoms with Crippen molar-refractivity contribution in [1.29, 1.82) is 0 Å². The van der Waals surface area contributed by atoms with E-state index < -0.39 is 6.04 Å². The molecule has 0 fully saturated rings. The number of aromatic nitrogens is 2. The molecule has 0 radical (unpaired) electrons. The molecule has 5 rings (SSSR count). The molecule has 4 aromatic rings. The van der Waals surface area contributed by atoms with E-state index in [2.05, 4.69) is 46.9 Å². The summed E-state index contributed by atoms with van der Waals surface area (Å²) in [7, 11) is 0. The highest BCUT2D eigenvalue weighted by atomic mass is 79.9. The number of aryl methyl sites for hydroxylation is 1. The van der Waals surface area contributed by atoms with Crippen LogP contribution in [0.5, 0.6) is 0 Å². The Morgan fingerprint density at radius 3 is 2.58 bits per heavy atom. The van der Waals surface area contributed by atoms with Crippen LogP contribution in [-0.2, 0) is 12.8 Å². The van der Waals surface area contributed by atoms with Crippen molar-refractivity contribution in [3.8, 4) is 0 Å². The van der Waals surface area contributed by atoms with E-state index in [1.54, 1.807) is 23.1 Å². The third kappa shape index (κ3) is 3.81. The van der Waals surface area contributed by atoms with E-state index in [9.17, 15) is 9.59 Å². The predicted octanol–water partition coefficient (Wildman–Crippen LogP) is 5.92. The number of hydrogen-bond donors (Lipinski definition) is 0. The van der Waals surface area contributed by atoms with E-state index in [1.807, 2.05) is 24.3 Å². The zero-order valence-electron chi connectivity index (χ0n) is 18.5. The van der Waals surface area contributed by atoms with Crippen molar-refractivity contribution in [1.82, 2.24) is 10.2 Å². The summed E-state index contributed by atoms with van der Waals surface area (Å²) in [6.45, 7) is 6.32. The normalized spacial score (nSPS) is 15.6. The second-order valence-electron chi connectivity index (χ2n) is 8.56. The number of halogens is 1. The van der Waals surface area contributed by atoms with Gasteiger partial charge in [0, 0.05) is 10.9 Å². The SMILES string of the molecule is CCc1ccc(C2c3c(oc4ccc(Br)cc4c3=O)C(=O)N2c2nnc(CC(C)C)s2)cc1. The van der Waals surface area contributed by atoms with Gasteiger partial charge in [-0.25, -0.2) is 0 Å². The second kappa shape index (κ2) is 8.50. The Morgan fingerprint density at radius 1 is 1.12 bits per heavy atom. The van der Waals surface area contributed by atoms with Crippen LogP contribution in [-0.4, -0.2) is 16.1 Å². The van der Waals surface area contributed by atoms with Gasteiger partial charge < -0.3 is 4.42 Å². The number of carbonyl (C=O) groups excluding carboxylic acids is 1. The highest BCUT2D eigenvalue weighted by Gasteiger charge is 2.45. The van der Waals surface area contributed by atoms with Crippen LogP contribution in [0.4, 0.5) is 5.13 Å². The molecule has 0 spiro atoms. The molecule has 0 saturated carbocycles. The Bertz CT molecular complexity index is 1430. The molecular weight excluding hydrogens is 502 g/mol. The summed E-state index contributed by atoms with van der Waals surface area (Å²) >= 11 is 4.81. The first kappa shape index (κ1) is 22.0. The molecule has 0 saturated heterocycles. The predicted molar refractivity (Wildman–Crippen MR) is 133 cm³/mol. The van der Waals surface area contributed by atoms with E-state index in [0.717, 1.165) is 27.9 Å². The summed E-state index contributed by atoms with van der Waals surface area (Å²) < 4.78 is 6.79. The summed E-state index contributed by atoms with van der Waals surface area (Å²) in [4.78, 5) is 28.8. The maximum atomic E-state index is 13.7. The van der Waals surface area contributed by atoms with Crippen molar-refractivity contribution in [3.63, 3.8) is 0 Å². The first-order chi connectivity index (χ1) is 15.9. The van der Waals surface area contributed by atoms with Crippen molar-refractivity contribution in [3.05, 3.63) is 84.6 Å². The fourth-order valence-corrected chi connectivity index (χ4v) is 5.61. The molecule has 1 unspecified atom stereocenters. The number of rotatable bonds is 5. The minimum Gasteiger partial charge on any atom is -0.450 e. The summed E-state index contributed by atoms with van der Waals surface area (Å²) in [6, 6.07) is 12.6. The minimum atomic E-state index is -0.627.